The lowest BCUT2D eigenvalue weighted by atomic mass is 10.1. The van der Waals surface area contributed by atoms with Gasteiger partial charge in [0.05, 0.1) is 47.3 Å². The van der Waals surface area contributed by atoms with Crippen LogP contribution in [0.15, 0.2) is 12.1 Å². The number of benzene rings is 1. The van der Waals surface area contributed by atoms with Gasteiger partial charge in [-0.1, -0.05) is 6.07 Å². The zero-order valence-electron chi connectivity index (χ0n) is 12.8. The Bertz CT molecular complexity index is 446. The quantitative estimate of drug-likeness (QED) is 0.816. The molecule has 2 rings (SSSR count). The Morgan fingerprint density at radius 1 is 1.10 bits per heavy atom. The highest BCUT2D eigenvalue weighted by Crippen LogP contribution is 2.39. The Kier molecular flexibility index (Phi) is 6.10. The predicted molar refractivity (Wildman–Crippen MR) is 78.4 cm³/mol. The van der Waals surface area contributed by atoms with Crippen LogP contribution in [0.25, 0.3) is 0 Å². The third-order valence-electron chi connectivity index (χ3n) is 3.36. The van der Waals surface area contributed by atoms with E-state index in [1.165, 1.54) is 0 Å². The maximum Gasteiger partial charge on any atom is 0.203 e. The number of rotatable bonds is 7. The number of ether oxygens (including phenoxy) is 5. The van der Waals surface area contributed by atoms with Crippen molar-refractivity contribution in [2.24, 2.45) is 0 Å². The molecular formula is C15H23NO5. The molecule has 0 spiro atoms. The third kappa shape index (κ3) is 4.00. The largest absolute Gasteiger partial charge is 0.493 e. The van der Waals surface area contributed by atoms with Gasteiger partial charge in [-0.3, -0.25) is 0 Å². The van der Waals surface area contributed by atoms with E-state index < -0.39 is 0 Å². The molecule has 0 amide bonds. The highest BCUT2D eigenvalue weighted by molar-refractivity contribution is 5.55. The van der Waals surface area contributed by atoms with E-state index in [-0.39, 0.29) is 6.10 Å². The summed E-state index contributed by atoms with van der Waals surface area (Å²) >= 11 is 0. The molecule has 6 nitrogen and oxygen atoms in total. The lowest BCUT2D eigenvalue weighted by Crippen LogP contribution is -2.37. The minimum atomic E-state index is 0.102. The second-order valence-corrected chi connectivity index (χ2v) is 4.69. The molecule has 0 saturated carbocycles. The van der Waals surface area contributed by atoms with Gasteiger partial charge in [0.1, 0.15) is 0 Å². The fourth-order valence-corrected chi connectivity index (χ4v) is 2.32. The summed E-state index contributed by atoms with van der Waals surface area (Å²) in [6.45, 7) is 3.36. The average molecular weight is 297 g/mol. The molecule has 1 aliphatic heterocycles. The van der Waals surface area contributed by atoms with Crippen molar-refractivity contribution in [2.75, 3.05) is 47.7 Å². The van der Waals surface area contributed by atoms with E-state index >= 15 is 0 Å². The number of hydrogen-bond donors (Lipinski definition) is 1. The zero-order valence-corrected chi connectivity index (χ0v) is 12.8. The summed E-state index contributed by atoms with van der Waals surface area (Å²) in [5.41, 5.74) is 1.01. The molecule has 1 unspecified atom stereocenters. The molecule has 0 bridgehead atoms. The normalized spacial score (nSPS) is 18.3. The van der Waals surface area contributed by atoms with E-state index in [2.05, 4.69) is 5.32 Å². The highest BCUT2D eigenvalue weighted by atomic mass is 16.6. The van der Waals surface area contributed by atoms with Crippen molar-refractivity contribution in [3.8, 4) is 17.2 Å². The van der Waals surface area contributed by atoms with E-state index in [0.29, 0.717) is 43.6 Å². The smallest absolute Gasteiger partial charge is 0.203 e. The second kappa shape index (κ2) is 8.07. The van der Waals surface area contributed by atoms with Crippen LogP contribution in [0, 0.1) is 0 Å². The highest BCUT2D eigenvalue weighted by Gasteiger charge is 2.17. The Hall–Kier alpha value is -1.50. The first-order valence-electron chi connectivity index (χ1n) is 6.98. The average Bonchev–Trinajstić information content (AvgIpc) is 2.55. The van der Waals surface area contributed by atoms with Gasteiger partial charge in [-0.15, -0.1) is 0 Å². The van der Waals surface area contributed by atoms with Gasteiger partial charge in [0.2, 0.25) is 5.75 Å². The monoisotopic (exact) mass is 297 g/mol. The zero-order chi connectivity index (χ0) is 15.1. The van der Waals surface area contributed by atoms with Crippen LogP contribution in [0.3, 0.4) is 0 Å². The molecular weight excluding hydrogens is 274 g/mol. The fraction of sp³-hybridized carbons (Fsp3) is 0.600. The Morgan fingerprint density at radius 2 is 1.90 bits per heavy atom. The summed E-state index contributed by atoms with van der Waals surface area (Å²) in [5.74, 6) is 1.95. The Balaban J connectivity index is 1.98. The molecule has 6 heteroatoms. The van der Waals surface area contributed by atoms with Crippen molar-refractivity contribution in [2.45, 2.75) is 12.6 Å². The molecule has 1 aliphatic rings. The van der Waals surface area contributed by atoms with Crippen molar-refractivity contribution < 1.29 is 23.7 Å². The number of hydrogen-bond acceptors (Lipinski definition) is 6. The lowest BCUT2D eigenvalue weighted by Gasteiger charge is -2.23. The lowest BCUT2D eigenvalue weighted by molar-refractivity contribution is -0.0864. The standard InChI is InChI=1S/C15H23NO5/c1-17-13-5-4-11(14(18-2)15(13)19-3)8-16-9-12-10-20-6-7-21-12/h4-5,12,16H,6-10H2,1-3H3. The molecule has 1 fully saturated rings. The minimum absolute atomic E-state index is 0.102. The molecule has 1 aromatic rings. The van der Waals surface area contributed by atoms with Crippen LogP contribution < -0.4 is 19.5 Å². The van der Waals surface area contributed by atoms with E-state index in [9.17, 15) is 0 Å². The van der Waals surface area contributed by atoms with Crippen molar-refractivity contribution in [1.29, 1.82) is 0 Å². The summed E-state index contributed by atoms with van der Waals surface area (Å²) in [5, 5.41) is 3.35. The Morgan fingerprint density at radius 3 is 2.52 bits per heavy atom. The van der Waals surface area contributed by atoms with Crippen LogP contribution >= 0.6 is 0 Å². The molecule has 1 N–H and O–H groups in total. The van der Waals surface area contributed by atoms with Crippen LogP contribution in [0.2, 0.25) is 0 Å². The predicted octanol–water partition coefficient (Wildman–Crippen LogP) is 1.22. The van der Waals surface area contributed by atoms with Crippen molar-refractivity contribution >= 4 is 0 Å². The van der Waals surface area contributed by atoms with Crippen LogP contribution in [0.4, 0.5) is 0 Å². The van der Waals surface area contributed by atoms with Gasteiger partial charge in [-0.2, -0.15) is 0 Å². The van der Waals surface area contributed by atoms with Gasteiger partial charge in [0.25, 0.3) is 0 Å². The first kappa shape index (κ1) is 15.9. The molecule has 1 saturated heterocycles. The van der Waals surface area contributed by atoms with Crippen molar-refractivity contribution in [1.82, 2.24) is 5.32 Å². The third-order valence-corrected chi connectivity index (χ3v) is 3.36. The van der Waals surface area contributed by atoms with E-state index in [4.69, 9.17) is 23.7 Å². The fourth-order valence-electron chi connectivity index (χ4n) is 2.32. The van der Waals surface area contributed by atoms with Crippen molar-refractivity contribution in [3.63, 3.8) is 0 Å². The van der Waals surface area contributed by atoms with Gasteiger partial charge < -0.3 is 29.0 Å². The van der Waals surface area contributed by atoms with Crippen LogP contribution in [-0.2, 0) is 16.0 Å². The topological polar surface area (TPSA) is 58.2 Å². The summed E-state index contributed by atoms with van der Waals surface area (Å²) < 4.78 is 27.1. The first-order chi connectivity index (χ1) is 10.3. The van der Waals surface area contributed by atoms with E-state index in [1.54, 1.807) is 21.3 Å². The maximum atomic E-state index is 5.59. The first-order valence-corrected chi connectivity index (χ1v) is 6.98. The molecule has 0 radical (unpaired) electrons. The number of methoxy groups -OCH3 is 3. The van der Waals surface area contributed by atoms with Gasteiger partial charge in [0.15, 0.2) is 11.5 Å². The molecule has 118 valence electrons. The van der Waals surface area contributed by atoms with E-state index in [0.717, 1.165) is 12.1 Å². The molecule has 21 heavy (non-hydrogen) atoms. The molecule has 0 aromatic heterocycles. The summed E-state index contributed by atoms with van der Waals surface area (Å²) in [6.07, 6.45) is 0.102. The molecule has 1 aromatic carbocycles. The Labute approximate surface area is 125 Å². The second-order valence-electron chi connectivity index (χ2n) is 4.69. The van der Waals surface area contributed by atoms with Crippen LogP contribution in [0.1, 0.15) is 5.56 Å². The maximum absolute atomic E-state index is 5.59. The van der Waals surface area contributed by atoms with Gasteiger partial charge in [-0.25, -0.2) is 0 Å². The molecule has 0 aliphatic carbocycles. The number of nitrogens with one attached hydrogen (secondary N) is 1. The summed E-state index contributed by atoms with van der Waals surface area (Å²) in [4.78, 5) is 0. The van der Waals surface area contributed by atoms with Gasteiger partial charge in [-0.05, 0) is 6.07 Å². The van der Waals surface area contributed by atoms with Crippen LogP contribution in [-0.4, -0.2) is 53.8 Å². The van der Waals surface area contributed by atoms with Gasteiger partial charge >= 0.3 is 0 Å². The van der Waals surface area contributed by atoms with Crippen LogP contribution in [0.5, 0.6) is 17.2 Å². The SMILES string of the molecule is COc1ccc(CNCC2COCCO2)c(OC)c1OC. The summed E-state index contributed by atoms with van der Waals surface area (Å²) in [7, 11) is 4.83. The van der Waals surface area contributed by atoms with E-state index in [1.807, 2.05) is 12.1 Å². The molecule has 1 atom stereocenters. The van der Waals surface area contributed by atoms with Crippen molar-refractivity contribution in [3.05, 3.63) is 17.7 Å². The summed E-state index contributed by atoms with van der Waals surface area (Å²) in [6, 6.07) is 3.84. The molecule has 1 heterocycles. The van der Waals surface area contributed by atoms with Gasteiger partial charge in [0, 0.05) is 18.7 Å². The minimum Gasteiger partial charge on any atom is -0.493 e.